The topological polar surface area (TPSA) is 53.7 Å². The second-order valence-electron chi connectivity index (χ2n) is 10.3. The fourth-order valence-corrected chi connectivity index (χ4v) is 6.73. The first-order valence-electron chi connectivity index (χ1n) is 15.1. The first-order valence-corrected chi connectivity index (χ1v) is 17.0. The highest BCUT2D eigenvalue weighted by Gasteiger charge is 2.36. The molecule has 0 fully saturated rings. The van der Waals surface area contributed by atoms with Crippen molar-refractivity contribution in [3.05, 3.63) is 0 Å². The number of hydrogen-bond acceptors (Lipinski definition) is 4. The Labute approximate surface area is 215 Å². The SMILES string of the molecule is CO[Si](CCCCCCCCCCCCCCCCCCCCCCCCCCN)(OC)OC. The van der Waals surface area contributed by atoms with Gasteiger partial charge in [-0.05, 0) is 19.4 Å². The van der Waals surface area contributed by atoms with E-state index in [9.17, 15) is 0 Å². The zero-order valence-electron chi connectivity index (χ0n) is 23.7. The molecular formula is C29H63NO3Si. The monoisotopic (exact) mass is 501 g/mol. The predicted octanol–water partition coefficient (Wildman–Crippen LogP) is 9.19. The maximum absolute atomic E-state index is 5.53. The van der Waals surface area contributed by atoms with Crippen LogP contribution in [0.3, 0.4) is 0 Å². The second-order valence-corrected chi connectivity index (χ2v) is 13.4. The zero-order valence-corrected chi connectivity index (χ0v) is 24.7. The predicted molar refractivity (Wildman–Crippen MR) is 151 cm³/mol. The van der Waals surface area contributed by atoms with E-state index in [-0.39, 0.29) is 0 Å². The summed E-state index contributed by atoms with van der Waals surface area (Å²) in [5.41, 5.74) is 5.53. The van der Waals surface area contributed by atoms with Crippen LogP contribution in [0.2, 0.25) is 6.04 Å². The fourth-order valence-electron chi connectivity index (χ4n) is 4.93. The van der Waals surface area contributed by atoms with Gasteiger partial charge in [-0.25, -0.2) is 0 Å². The quantitative estimate of drug-likeness (QED) is 0.0819. The molecule has 0 rings (SSSR count). The standard InChI is InChI=1S/C29H63NO3Si/c1-31-34(32-2,33-3)29-27-25-23-21-19-17-15-13-11-9-7-5-4-6-8-10-12-14-16-18-20-22-24-26-28-30/h4-30H2,1-3H3. The largest absolute Gasteiger partial charge is 0.500 e. The van der Waals surface area contributed by atoms with E-state index in [1.807, 2.05) is 0 Å². The molecule has 0 aliphatic carbocycles. The van der Waals surface area contributed by atoms with Crippen LogP contribution >= 0.6 is 0 Å². The molecule has 0 unspecified atom stereocenters. The van der Waals surface area contributed by atoms with E-state index in [0.717, 1.165) is 19.0 Å². The van der Waals surface area contributed by atoms with E-state index in [4.69, 9.17) is 19.0 Å². The lowest BCUT2D eigenvalue weighted by molar-refractivity contribution is 0.122. The fraction of sp³-hybridized carbons (Fsp3) is 1.00. The first kappa shape index (κ1) is 34.1. The van der Waals surface area contributed by atoms with Crippen LogP contribution in [0.25, 0.3) is 0 Å². The average molecular weight is 502 g/mol. The third-order valence-electron chi connectivity index (χ3n) is 7.37. The summed E-state index contributed by atoms with van der Waals surface area (Å²) >= 11 is 0. The number of rotatable bonds is 29. The average Bonchev–Trinajstić information content (AvgIpc) is 2.86. The maximum atomic E-state index is 5.53. The summed E-state index contributed by atoms with van der Waals surface area (Å²) in [6.45, 7) is 0.867. The highest BCUT2D eigenvalue weighted by molar-refractivity contribution is 6.60. The van der Waals surface area contributed by atoms with Crippen LogP contribution < -0.4 is 5.73 Å². The Hall–Kier alpha value is 0.0569. The van der Waals surface area contributed by atoms with Gasteiger partial charge in [-0.3, -0.25) is 0 Å². The molecule has 0 aromatic rings. The molecule has 0 aliphatic rings. The summed E-state index contributed by atoms with van der Waals surface area (Å²) in [4.78, 5) is 0. The Kier molecular flexibility index (Phi) is 27.7. The van der Waals surface area contributed by atoms with Crippen LogP contribution in [0, 0.1) is 0 Å². The molecule has 5 heteroatoms. The van der Waals surface area contributed by atoms with E-state index >= 15 is 0 Å². The van der Waals surface area contributed by atoms with Crippen LogP contribution in [0.4, 0.5) is 0 Å². The van der Waals surface area contributed by atoms with E-state index < -0.39 is 8.80 Å². The van der Waals surface area contributed by atoms with E-state index in [1.54, 1.807) is 21.3 Å². The number of hydrogen-bond donors (Lipinski definition) is 1. The zero-order chi connectivity index (χ0) is 25.0. The van der Waals surface area contributed by atoms with Crippen molar-refractivity contribution in [2.45, 2.75) is 160 Å². The van der Waals surface area contributed by atoms with Gasteiger partial charge in [-0.2, -0.15) is 0 Å². The Balaban J connectivity index is 3.14. The molecule has 4 nitrogen and oxygen atoms in total. The lowest BCUT2D eigenvalue weighted by Crippen LogP contribution is -2.42. The second kappa shape index (κ2) is 27.6. The highest BCUT2D eigenvalue weighted by atomic mass is 28.4. The van der Waals surface area contributed by atoms with E-state index in [0.29, 0.717) is 0 Å². The molecule has 0 radical (unpaired) electrons. The third kappa shape index (κ3) is 22.5. The Bertz CT molecular complexity index is 372. The van der Waals surface area contributed by atoms with Crippen molar-refractivity contribution in [1.29, 1.82) is 0 Å². The van der Waals surface area contributed by atoms with E-state index in [2.05, 4.69) is 0 Å². The lowest BCUT2D eigenvalue weighted by Gasteiger charge is -2.24. The van der Waals surface area contributed by atoms with Gasteiger partial charge in [0.25, 0.3) is 0 Å². The van der Waals surface area contributed by atoms with Gasteiger partial charge in [0.15, 0.2) is 0 Å². The Morgan fingerprint density at radius 1 is 0.353 bits per heavy atom. The van der Waals surface area contributed by atoms with Gasteiger partial charge in [-0.15, -0.1) is 0 Å². The number of nitrogens with two attached hydrogens (primary N) is 1. The van der Waals surface area contributed by atoms with Crippen molar-refractivity contribution < 1.29 is 13.3 Å². The smallest absolute Gasteiger partial charge is 0.377 e. The molecule has 0 bridgehead atoms. The van der Waals surface area contributed by atoms with Gasteiger partial charge < -0.3 is 19.0 Å². The van der Waals surface area contributed by atoms with Crippen LogP contribution in [0.5, 0.6) is 0 Å². The minimum atomic E-state index is -2.34. The summed E-state index contributed by atoms with van der Waals surface area (Å²) in [6, 6.07) is 0.938. The molecule has 0 saturated heterocycles. The van der Waals surface area contributed by atoms with Gasteiger partial charge in [0.2, 0.25) is 0 Å². The molecule has 34 heavy (non-hydrogen) atoms. The minimum Gasteiger partial charge on any atom is -0.377 e. The Morgan fingerprint density at radius 2 is 0.559 bits per heavy atom. The van der Waals surface area contributed by atoms with Gasteiger partial charge in [0.05, 0.1) is 0 Å². The third-order valence-corrected chi connectivity index (χ3v) is 10.2. The lowest BCUT2D eigenvalue weighted by atomic mass is 10.0. The summed E-state index contributed by atoms with van der Waals surface area (Å²) in [6.07, 6.45) is 33.6. The maximum Gasteiger partial charge on any atom is 0.500 e. The molecular weight excluding hydrogens is 438 g/mol. The van der Waals surface area contributed by atoms with Crippen LogP contribution in [0.15, 0.2) is 0 Å². The van der Waals surface area contributed by atoms with Gasteiger partial charge in [0.1, 0.15) is 0 Å². The summed E-state index contributed by atoms with van der Waals surface area (Å²) in [5, 5.41) is 0. The van der Waals surface area contributed by atoms with Crippen LogP contribution in [-0.2, 0) is 13.3 Å². The molecule has 0 aliphatic heterocycles. The Morgan fingerprint density at radius 3 is 0.765 bits per heavy atom. The molecule has 0 atom stereocenters. The summed E-state index contributed by atoms with van der Waals surface area (Å²) in [7, 11) is 2.78. The molecule has 0 aromatic heterocycles. The van der Waals surface area contributed by atoms with Crippen LogP contribution in [-0.4, -0.2) is 36.7 Å². The van der Waals surface area contributed by atoms with Gasteiger partial charge in [-0.1, -0.05) is 141 Å². The van der Waals surface area contributed by atoms with E-state index in [1.165, 1.54) is 148 Å². The van der Waals surface area contributed by atoms with Crippen molar-refractivity contribution in [2.75, 3.05) is 27.9 Å². The van der Waals surface area contributed by atoms with Crippen molar-refractivity contribution in [2.24, 2.45) is 5.73 Å². The molecule has 0 heterocycles. The molecule has 0 spiro atoms. The van der Waals surface area contributed by atoms with Crippen LogP contribution in [0.1, 0.15) is 154 Å². The molecule has 0 saturated carbocycles. The summed E-state index contributed by atoms with van der Waals surface area (Å²) in [5.74, 6) is 0. The first-order chi connectivity index (χ1) is 16.7. The molecule has 0 amide bonds. The number of unbranched alkanes of at least 4 members (excludes halogenated alkanes) is 23. The minimum absolute atomic E-state index is 0.867. The normalized spacial score (nSPS) is 12.0. The van der Waals surface area contributed by atoms with Crippen molar-refractivity contribution >= 4 is 8.80 Å². The summed E-state index contributed by atoms with van der Waals surface area (Å²) < 4.78 is 16.4. The van der Waals surface area contributed by atoms with Crippen molar-refractivity contribution in [1.82, 2.24) is 0 Å². The van der Waals surface area contributed by atoms with Crippen molar-refractivity contribution in [3.8, 4) is 0 Å². The molecule has 206 valence electrons. The van der Waals surface area contributed by atoms with Gasteiger partial charge >= 0.3 is 8.80 Å². The van der Waals surface area contributed by atoms with Crippen molar-refractivity contribution in [3.63, 3.8) is 0 Å². The molecule has 0 aromatic carbocycles. The molecule has 2 N–H and O–H groups in total. The highest BCUT2D eigenvalue weighted by Crippen LogP contribution is 2.19. The van der Waals surface area contributed by atoms with Gasteiger partial charge in [0, 0.05) is 27.4 Å².